The molecule has 0 aliphatic heterocycles. The summed E-state index contributed by atoms with van der Waals surface area (Å²) in [5, 5.41) is 2.87. The van der Waals surface area contributed by atoms with Crippen molar-refractivity contribution in [3.8, 4) is 5.69 Å². The third-order valence-electron chi connectivity index (χ3n) is 5.47. The topological polar surface area (TPSA) is 84.3 Å². The van der Waals surface area contributed by atoms with Crippen molar-refractivity contribution in [2.45, 2.75) is 25.3 Å². The molecule has 8 heteroatoms. The van der Waals surface area contributed by atoms with Gasteiger partial charge in [-0.2, -0.15) is 0 Å². The minimum Gasteiger partial charge on any atom is -0.350 e. The summed E-state index contributed by atoms with van der Waals surface area (Å²) >= 11 is 0. The van der Waals surface area contributed by atoms with Gasteiger partial charge in [0.15, 0.2) is 0 Å². The van der Waals surface area contributed by atoms with Gasteiger partial charge in [-0.05, 0) is 49.7 Å². The van der Waals surface area contributed by atoms with Gasteiger partial charge in [0.1, 0.15) is 6.54 Å². The van der Waals surface area contributed by atoms with Crippen molar-refractivity contribution in [3.05, 3.63) is 108 Å². The smallest absolute Gasteiger partial charge is 0.264 e. The van der Waals surface area contributed by atoms with Crippen LogP contribution in [0.3, 0.4) is 0 Å². The first-order chi connectivity index (χ1) is 16.3. The number of aromatic nitrogens is 2. The van der Waals surface area contributed by atoms with Crippen molar-refractivity contribution in [3.63, 3.8) is 0 Å². The summed E-state index contributed by atoms with van der Waals surface area (Å²) in [7, 11) is -3.95. The standard InChI is InChI=1S/C26H26N4O3S/c1-20-7-11-23(12-8-20)30(34(32,33)24-13-9-21(2)10-14-24)18-26(31)28-17-22-5-3-4-6-25(22)29-16-15-27-19-29/h3-16,19H,17-18H2,1-2H3,(H,28,31). The molecule has 0 bridgehead atoms. The van der Waals surface area contributed by atoms with Crippen LogP contribution in [0.5, 0.6) is 0 Å². The second-order valence-corrected chi connectivity index (χ2v) is 9.90. The van der Waals surface area contributed by atoms with E-state index in [-0.39, 0.29) is 18.0 Å². The Balaban J connectivity index is 1.57. The van der Waals surface area contributed by atoms with Crippen LogP contribution in [-0.2, 0) is 21.4 Å². The van der Waals surface area contributed by atoms with E-state index in [2.05, 4.69) is 10.3 Å². The van der Waals surface area contributed by atoms with E-state index in [0.717, 1.165) is 26.7 Å². The maximum Gasteiger partial charge on any atom is 0.264 e. The number of anilines is 1. The van der Waals surface area contributed by atoms with Crippen LogP contribution < -0.4 is 9.62 Å². The van der Waals surface area contributed by atoms with Crippen LogP contribution >= 0.6 is 0 Å². The molecular formula is C26H26N4O3S. The molecule has 1 amide bonds. The number of hydrogen-bond donors (Lipinski definition) is 1. The lowest BCUT2D eigenvalue weighted by Crippen LogP contribution is -2.40. The number of hydrogen-bond acceptors (Lipinski definition) is 4. The zero-order valence-electron chi connectivity index (χ0n) is 19.0. The van der Waals surface area contributed by atoms with Crippen molar-refractivity contribution in [1.29, 1.82) is 0 Å². The lowest BCUT2D eigenvalue weighted by molar-refractivity contribution is -0.119. The molecule has 7 nitrogen and oxygen atoms in total. The number of carbonyl (C=O) groups is 1. The number of amides is 1. The van der Waals surface area contributed by atoms with Crippen molar-refractivity contribution < 1.29 is 13.2 Å². The average Bonchev–Trinajstić information content (AvgIpc) is 3.37. The van der Waals surface area contributed by atoms with Crippen molar-refractivity contribution in [2.24, 2.45) is 0 Å². The summed E-state index contributed by atoms with van der Waals surface area (Å²) in [6.45, 7) is 3.72. The highest BCUT2D eigenvalue weighted by Crippen LogP contribution is 2.24. The van der Waals surface area contributed by atoms with Crippen LogP contribution in [0.1, 0.15) is 16.7 Å². The second kappa shape index (κ2) is 9.93. The molecule has 3 aromatic carbocycles. The summed E-state index contributed by atoms with van der Waals surface area (Å²) in [6, 6.07) is 21.3. The molecule has 4 aromatic rings. The maximum absolute atomic E-state index is 13.5. The van der Waals surface area contributed by atoms with Gasteiger partial charge < -0.3 is 9.88 Å². The molecule has 34 heavy (non-hydrogen) atoms. The SMILES string of the molecule is Cc1ccc(N(CC(=O)NCc2ccccc2-n2ccnc2)S(=O)(=O)c2ccc(C)cc2)cc1. The number of sulfonamides is 1. The third-order valence-corrected chi connectivity index (χ3v) is 7.26. The number of rotatable bonds is 8. The fourth-order valence-corrected chi connectivity index (χ4v) is 4.98. The number of aryl methyl sites for hydroxylation is 2. The van der Waals surface area contributed by atoms with E-state index in [1.54, 1.807) is 48.9 Å². The normalized spacial score (nSPS) is 11.2. The molecule has 0 radical (unpaired) electrons. The van der Waals surface area contributed by atoms with E-state index in [0.29, 0.717) is 5.69 Å². The Morgan fingerprint density at radius 1 is 0.941 bits per heavy atom. The maximum atomic E-state index is 13.5. The number of nitrogens with one attached hydrogen (secondary N) is 1. The summed E-state index contributed by atoms with van der Waals surface area (Å²) in [5.41, 5.74) is 4.16. The molecule has 0 fully saturated rings. The van der Waals surface area contributed by atoms with Crippen LogP contribution in [0.4, 0.5) is 5.69 Å². The lowest BCUT2D eigenvalue weighted by Gasteiger charge is -2.24. The third kappa shape index (κ3) is 5.18. The van der Waals surface area contributed by atoms with Gasteiger partial charge in [0.25, 0.3) is 10.0 Å². The molecular weight excluding hydrogens is 448 g/mol. The van der Waals surface area contributed by atoms with E-state index >= 15 is 0 Å². The highest BCUT2D eigenvalue weighted by Gasteiger charge is 2.27. The minimum absolute atomic E-state index is 0.136. The number of para-hydroxylation sites is 1. The molecule has 0 atom stereocenters. The first kappa shape index (κ1) is 23.3. The molecule has 1 heterocycles. The minimum atomic E-state index is -3.95. The van der Waals surface area contributed by atoms with Gasteiger partial charge in [-0.25, -0.2) is 13.4 Å². The molecule has 1 aromatic heterocycles. The van der Waals surface area contributed by atoms with Crippen molar-refractivity contribution in [2.75, 3.05) is 10.8 Å². The molecule has 0 saturated heterocycles. The summed E-state index contributed by atoms with van der Waals surface area (Å²) in [5.74, 6) is -0.406. The van der Waals surface area contributed by atoms with E-state index in [4.69, 9.17) is 0 Å². The first-order valence-corrected chi connectivity index (χ1v) is 12.3. The molecule has 0 aliphatic rings. The van der Waals surface area contributed by atoms with E-state index in [9.17, 15) is 13.2 Å². The van der Waals surface area contributed by atoms with Crippen molar-refractivity contribution in [1.82, 2.24) is 14.9 Å². The van der Waals surface area contributed by atoms with Gasteiger partial charge in [0.05, 0.1) is 22.6 Å². The van der Waals surface area contributed by atoms with Gasteiger partial charge in [-0.15, -0.1) is 0 Å². The fourth-order valence-electron chi connectivity index (χ4n) is 3.56. The van der Waals surface area contributed by atoms with Crippen LogP contribution in [0.2, 0.25) is 0 Å². The van der Waals surface area contributed by atoms with E-state index in [1.807, 2.05) is 61.0 Å². The first-order valence-electron chi connectivity index (χ1n) is 10.8. The Hall–Kier alpha value is -3.91. The van der Waals surface area contributed by atoms with Gasteiger partial charge in [0, 0.05) is 18.9 Å². The van der Waals surface area contributed by atoms with Crippen LogP contribution in [0, 0.1) is 13.8 Å². The molecule has 0 spiro atoms. The fraction of sp³-hybridized carbons (Fsp3) is 0.154. The second-order valence-electron chi connectivity index (χ2n) is 8.04. The molecule has 1 N–H and O–H groups in total. The van der Waals surface area contributed by atoms with Gasteiger partial charge >= 0.3 is 0 Å². The predicted octanol–water partition coefficient (Wildman–Crippen LogP) is 4.00. The molecule has 0 saturated carbocycles. The number of benzene rings is 3. The van der Waals surface area contributed by atoms with E-state index < -0.39 is 15.9 Å². The Morgan fingerprint density at radius 3 is 2.24 bits per heavy atom. The van der Waals surface area contributed by atoms with Crippen LogP contribution in [-0.4, -0.2) is 30.4 Å². The van der Waals surface area contributed by atoms with Crippen LogP contribution in [0.15, 0.2) is 96.4 Å². The zero-order valence-corrected chi connectivity index (χ0v) is 19.9. The predicted molar refractivity (Wildman–Crippen MR) is 132 cm³/mol. The number of nitrogens with zero attached hydrogens (tertiary/aromatic N) is 3. The summed E-state index contributed by atoms with van der Waals surface area (Å²) in [4.78, 5) is 17.2. The van der Waals surface area contributed by atoms with Crippen LogP contribution in [0.25, 0.3) is 5.69 Å². The molecule has 0 aliphatic carbocycles. The zero-order chi connectivity index (χ0) is 24.1. The molecule has 4 rings (SSSR count). The molecule has 174 valence electrons. The van der Waals surface area contributed by atoms with Gasteiger partial charge in [-0.3, -0.25) is 9.10 Å². The number of carbonyl (C=O) groups excluding carboxylic acids is 1. The highest BCUT2D eigenvalue weighted by atomic mass is 32.2. The van der Waals surface area contributed by atoms with Gasteiger partial charge in [0.2, 0.25) is 5.91 Å². The largest absolute Gasteiger partial charge is 0.350 e. The van der Waals surface area contributed by atoms with E-state index in [1.165, 1.54) is 0 Å². The number of imidazole rings is 1. The Labute approximate surface area is 199 Å². The van der Waals surface area contributed by atoms with Crippen molar-refractivity contribution >= 4 is 21.6 Å². The monoisotopic (exact) mass is 474 g/mol. The quantitative estimate of drug-likeness (QED) is 0.418. The summed E-state index contributed by atoms with van der Waals surface area (Å²) < 4.78 is 30.0. The Bertz CT molecular complexity index is 1360. The average molecular weight is 475 g/mol. The summed E-state index contributed by atoms with van der Waals surface area (Å²) in [6.07, 6.45) is 5.20. The molecule has 0 unspecified atom stereocenters. The lowest BCUT2D eigenvalue weighted by atomic mass is 10.1. The Kier molecular flexibility index (Phi) is 6.79. The van der Waals surface area contributed by atoms with Gasteiger partial charge in [-0.1, -0.05) is 53.6 Å². The Morgan fingerprint density at radius 2 is 1.59 bits per heavy atom. The highest BCUT2D eigenvalue weighted by molar-refractivity contribution is 7.92.